The van der Waals surface area contributed by atoms with Crippen molar-refractivity contribution in [2.75, 3.05) is 7.11 Å². The number of aryl methyl sites for hydroxylation is 1. The number of esters is 1. The zero-order chi connectivity index (χ0) is 20.7. The lowest BCUT2D eigenvalue weighted by molar-refractivity contribution is 0.0601. The summed E-state index contributed by atoms with van der Waals surface area (Å²) in [5.74, 6) is 0.212. The molecule has 0 spiro atoms. The van der Waals surface area contributed by atoms with Crippen LogP contribution < -0.4 is 5.56 Å². The maximum Gasteiger partial charge on any atom is 0.337 e. The van der Waals surface area contributed by atoms with Crippen molar-refractivity contribution in [3.8, 4) is 0 Å². The Bertz CT molecular complexity index is 1170. The average Bonchev–Trinajstić information content (AvgIpc) is 3.61. The number of carbonyl (C=O) groups excluding carboxylic acids is 1. The predicted octanol–water partition coefficient (Wildman–Crippen LogP) is 3.75. The van der Waals surface area contributed by atoms with Gasteiger partial charge in [-0.05, 0) is 61.4 Å². The number of nitrogens with one attached hydrogen (secondary N) is 1. The first-order valence-corrected chi connectivity index (χ1v) is 10.6. The van der Waals surface area contributed by atoms with Crippen LogP contribution in [0.1, 0.15) is 59.0 Å². The zero-order valence-electron chi connectivity index (χ0n) is 17.1. The quantitative estimate of drug-likeness (QED) is 0.657. The summed E-state index contributed by atoms with van der Waals surface area (Å²) < 4.78 is 4.80. The van der Waals surface area contributed by atoms with Crippen LogP contribution in [0.4, 0.5) is 0 Å². The Balaban J connectivity index is 1.50. The molecule has 1 fully saturated rings. The number of carbonyl (C=O) groups is 1. The second kappa shape index (κ2) is 7.69. The van der Waals surface area contributed by atoms with Gasteiger partial charge >= 0.3 is 5.97 Å². The first kappa shape index (κ1) is 19.0. The Labute approximate surface area is 174 Å². The molecule has 5 rings (SSSR count). The third-order valence-electron chi connectivity index (χ3n) is 6.26. The number of aromatic amines is 1. The minimum Gasteiger partial charge on any atom is -0.465 e. The molecular formula is C24H25N3O3. The van der Waals surface area contributed by atoms with E-state index >= 15 is 0 Å². The van der Waals surface area contributed by atoms with Gasteiger partial charge in [0.05, 0.1) is 30.1 Å². The lowest BCUT2D eigenvalue weighted by Crippen LogP contribution is -2.34. The van der Waals surface area contributed by atoms with Gasteiger partial charge in [-0.15, -0.1) is 0 Å². The number of hydrogen-bond donors (Lipinski definition) is 1. The fourth-order valence-corrected chi connectivity index (χ4v) is 4.65. The van der Waals surface area contributed by atoms with Gasteiger partial charge in [-0.2, -0.15) is 0 Å². The molecule has 6 heteroatoms. The van der Waals surface area contributed by atoms with Gasteiger partial charge in [0.15, 0.2) is 0 Å². The molecular weight excluding hydrogens is 378 g/mol. The molecule has 3 aromatic rings. The summed E-state index contributed by atoms with van der Waals surface area (Å²) in [5.41, 5.74) is 3.59. The predicted molar refractivity (Wildman–Crippen MR) is 114 cm³/mol. The molecule has 0 amide bonds. The van der Waals surface area contributed by atoms with Gasteiger partial charge < -0.3 is 9.72 Å². The molecule has 30 heavy (non-hydrogen) atoms. The van der Waals surface area contributed by atoms with Crippen molar-refractivity contribution in [3.63, 3.8) is 0 Å². The van der Waals surface area contributed by atoms with Gasteiger partial charge in [0, 0.05) is 12.1 Å². The van der Waals surface area contributed by atoms with Crippen molar-refractivity contribution in [2.24, 2.45) is 0 Å². The highest BCUT2D eigenvalue weighted by atomic mass is 16.5. The molecule has 0 saturated heterocycles. The molecule has 1 atom stereocenters. The summed E-state index contributed by atoms with van der Waals surface area (Å²) in [6.07, 6.45) is 5.80. The number of aromatic nitrogens is 2. The molecule has 1 saturated carbocycles. The second-order valence-electron chi connectivity index (χ2n) is 8.25. The third kappa shape index (κ3) is 3.52. The van der Waals surface area contributed by atoms with Crippen LogP contribution in [0, 0.1) is 0 Å². The average molecular weight is 403 g/mol. The Kier molecular flexibility index (Phi) is 4.87. The Morgan fingerprint density at radius 3 is 2.83 bits per heavy atom. The van der Waals surface area contributed by atoms with E-state index in [-0.39, 0.29) is 5.56 Å². The number of rotatable bonds is 5. The highest BCUT2D eigenvalue weighted by molar-refractivity contribution is 5.93. The molecule has 1 heterocycles. The number of methoxy groups -OCH3 is 1. The molecule has 0 bridgehead atoms. The van der Waals surface area contributed by atoms with E-state index in [1.165, 1.54) is 37.5 Å². The standard InChI is InChI=1S/C24H25N3O3/c1-30-24(29)16-9-12-19-20(13-16)25-22(26-23(19)28)14-27(17-10-11-17)21-8-4-6-15-5-2-3-7-18(15)21/h2-3,5,7,9,12-13,17,21H,4,6,8,10-11,14H2,1H3,(H,25,26,28). The maximum absolute atomic E-state index is 12.7. The summed E-state index contributed by atoms with van der Waals surface area (Å²) in [7, 11) is 1.35. The van der Waals surface area contributed by atoms with Crippen molar-refractivity contribution in [1.82, 2.24) is 14.9 Å². The van der Waals surface area contributed by atoms with Gasteiger partial charge in [-0.25, -0.2) is 9.78 Å². The number of ether oxygens (including phenoxy) is 1. The smallest absolute Gasteiger partial charge is 0.337 e. The van der Waals surface area contributed by atoms with E-state index in [9.17, 15) is 9.59 Å². The Morgan fingerprint density at radius 2 is 2.03 bits per heavy atom. The molecule has 6 nitrogen and oxygen atoms in total. The van der Waals surface area contributed by atoms with Crippen LogP contribution in [-0.2, 0) is 17.7 Å². The van der Waals surface area contributed by atoms with Gasteiger partial charge in [0.2, 0.25) is 0 Å². The molecule has 2 aliphatic carbocycles. The van der Waals surface area contributed by atoms with Crippen LogP contribution in [0.2, 0.25) is 0 Å². The van der Waals surface area contributed by atoms with E-state index in [1.54, 1.807) is 18.2 Å². The molecule has 0 aliphatic heterocycles. The number of hydrogen-bond acceptors (Lipinski definition) is 5. The minimum atomic E-state index is -0.432. The number of H-pyrrole nitrogens is 1. The molecule has 2 aromatic carbocycles. The molecule has 1 N–H and O–H groups in total. The number of fused-ring (bicyclic) bond motifs is 2. The zero-order valence-corrected chi connectivity index (χ0v) is 17.1. The van der Waals surface area contributed by atoms with E-state index in [4.69, 9.17) is 9.72 Å². The van der Waals surface area contributed by atoms with Gasteiger partial charge in [0.1, 0.15) is 5.82 Å². The summed E-state index contributed by atoms with van der Waals surface area (Å²) in [5, 5.41) is 0.479. The van der Waals surface area contributed by atoms with Crippen LogP contribution in [0.15, 0.2) is 47.3 Å². The van der Waals surface area contributed by atoms with Crippen molar-refractivity contribution in [1.29, 1.82) is 0 Å². The van der Waals surface area contributed by atoms with Crippen molar-refractivity contribution >= 4 is 16.9 Å². The highest BCUT2D eigenvalue weighted by Crippen LogP contribution is 2.41. The summed E-state index contributed by atoms with van der Waals surface area (Å²) in [4.78, 5) is 34.7. The molecule has 2 aliphatic rings. The lowest BCUT2D eigenvalue weighted by Gasteiger charge is -2.36. The van der Waals surface area contributed by atoms with Gasteiger partial charge in [-0.1, -0.05) is 24.3 Å². The van der Waals surface area contributed by atoms with E-state index in [0.717, 1.165) is 12.8 Å². The van der Waals surface area contributed by atoms with E-state index in [2.05, 4.69) is 34.1 Å². The van der Waals surface area contributed by atoms with Gasteiger partial charge in [0.25, 0.3) is 5.56 Å². The fraction of sp³-hybridized carbons (Fsp3) is 0.375. The molecule has 154 valence electrons. The van der Waals surface area contributed by atoms with Crippen LogP contribution in [0.3, 0.4) is 0 Å². The molecule has 0 radical (unpaired) electrons. The lowest BCUT2D eigenvalue weighted by atomic mass is 9.86. The SMILES string of the molecule is COC(=O)c1ccc2c(=O)[nH]c(CN(C3CC3)C3CCCc4ccccc43)nc2c1. The largest absolute Gasteiger partial charge is 0.465 e. The van der Waals surface area contributed by atoms with E-state index in [1.807, 2.05) is 0 Å². The fourth-order valence-electron chi connectivity index (χ4n) is 4.65. The normalized spacial score (nSPS) is 18.4. The first-order valence-electron chi connectivity index (χ1n) is 10.6. The van der Waals surface area contributed by atoms with Crippen molar-refractivity contribution in [2.45, 2.75) is 50.7 Å². The summed E-state index contributed by atoms with van der Waals surface area (Å²) in [6.45, 7) is 0.595. The van der Waals surface area contributed by atoms with Crippen LogP contribution >= 0.6 is 0 Å². The second-order valence-corrected chi connectivity index (χ2v) is 8.25. The monoisotopic (exact) mass is 403 g/mol. The van der Waals surface area contributed by atoms with Crippen molar-refractivity contribution < 1.29 is 9.53 Å². The summed E-state index contributed by atoms with van der Waals surface area (Å²) in [6, 6.07) is 14.5. The highest BCUT2D eigenvalue weighted by Gasteiger charge is 2.36. The van der Waals surface area contributed by atoms with Crippen LogP contribution in [-0.4, -0.2) is 34.0 Å². The van der Waals surface area contributed by atoms with Crippen LogP contribution in [0.25, 0.3) is 10.9 Å². The minimum absolute atomic E-state index is 0.175. The molecule has 1 unspecified atom stereocenters. The Morgan fingerprint density at radius 1 is 1.20 bits per heavy atom. The summed E-state index contributed by atoms with van der Waals surface area (Å²) >= 11 is 0. The Hall–Kier alpha value is -2.99. The van der Waals surface area contributed by atoms with Gasteiger partial charge in [-0.3, -0.25) is 9.69 Å². The van der Waals surface area contributed by atoms with Crippen molar-refractivity contribution in [3.05, 3.63) is 75.3 Å². The topological polar surface area (TPSA) is 75.3 Å². The number of benzene rings is 2. The van der Waals surface area contributed by atoms with E-state index < -0.39 is 5.97 Å². The first-order chi connectivity index (χ1) is 14.6. The van der Waals surface area contributed by atoms with E-state index in [0.29, 0.717) is 40.9 Å². The third-order valence-corrected chi connectivity index (χ3v) is 6.26. The molecule has 1 aromatic heterocycles. The van der Waals surface area contributed by atoms with Crippen LogP contribution in [0.5, 0.6) is 0 Å². The number of nitrogens with zero attached hydrogens (tertiary/aromatic N) is 2. The maximum atomic E-state index is 12.7.